The molecule has 1 aromatic heterocycles. The van der Waals surface area contributed by atoms with Gasteiger partial charge in [-0.25, -0.2) is 0 Å². The molecule has 0 radical (unpaired) electrons. The van der Waals surface area contributed by atoms with Crippen molar-refractivity contribution in [1.29, 1.82) is 0 Å². The van der Waals surface area contributed by atoms with Gasteiger partial charge < -0.3 is 5.43 Å². The number of hydrazine groups is 1. The first-order valence-corrected chi connectivity index (χ1v) is 6.17. The van der Waals surface area contributed by atoms with Gasteiger partial charge in [0.15, 0.2) is 0 Å². The van der Waals surface area contributed by atoms with Gasteiger partial charge in [0.25, 0.3) is 0 Å². The second-order valence-electron chi connectivity index (χ2n) is 3.81. The van der Waals surface area contributed by atoms with Gasteiger partial charge in [-0.1, -0.05) is 36.5 Å². The van der Waals surface area contributed by atoms with Gasteiger partial charge in [0.1, 0.15) is 0 Å². The van der Waals surface area contributed by atoms with Crippen molar-refractivity contribution in [2.24, 2.45) is 5.84 Å². The lowest BCUT2D eigenvalue weighted by Gasteiger charge is -2.11. The predicted octanol–water partition coefficient (Wildman–Crippen LogP) is 3.78. The summed E-state index contributed by atoms with van der Waals surface area (Å²) in [5.41, 5.74) is 5.06. The van der Waals surface area contributed by atoms with Gasteiger partial charge in [-0.2, -0.15) is 0 Å². The number of hydrogen-bond acceptors (Lipinski definition) is 3. The molecule has 0 unspecified atom stereocenters. The second-order valence-corrected chi connectivity index (χ2v) is 4.62. The number of aryl methyl sites for hydroxylation is 1. The molecule has 0 bridgehead atoms. The van der Waals surface area contributed by atoms with E-state index < -0.39 is 0 Å². The molecule has 0 saturated carbocycles. The quantitative estimate of drug-likeness (QED) is 0.659. The summed E-state index contributed by atoms with van der Waals surface area (Å²) in [4.78, 5) is 4.52. The average Bonchev–Trinajstić information content (AvgIpc) is 2.33. The summed E-state index contributed by atoms with van der Waals surface area (Å²) in [7, 11) is 0. The highest BCUT2D eigenvalue weighted by molar-refractivity contribution is 6.40. The zero-order valence-electron chi connectivity index (χ0n) is 9.43. The van der Waals surface area contributed by atoms with E-state index in [1.54, 1.807) is 12.1 Å². The van der Waals surface area contributed by atoms with E-state index in [-0.39, 0.29) is 0 Å². The summed E-state index contributed by atoms with van der Waals surface area (Å²) >= 11 is 12.3. The third kappa shape index (κ3) is 2.32. The lowest BCUT2D eigenvalue weighted by atomic mass is 10.1. The molecule has 0 fully saturated rings. The van der Waals surface area contributed by atoms with Crippen LogP contribution in [0.3, 0.4) is 0 Å². The summed E-state index contributed by atoms with van der Waals surface area (Å²) in [6, 6.07) is 5.40. The highest BCUT2D eigenvalue weighted by Crippen LogP contribution is 2.34. The molecule has 2 rings (SSSR count). The van der Waals surface area contributed by atoms with Crippen molar-refractivity contribution >= 4 is 39.8 Å². The Morgan fingerprint density at radius 2 is 2.00 bits per heavy atom. The monoisotopic (exact) mass is 269 g/mol. The maximum atomic E-state index is 6.15. The largest absolute Gasteiger partial charge is 0.323 e. The number of aromatic nitrogens is 1. The molecule has 0 saturated heterocycles. The smallest absolute Gasteiger partial charge is 0.0927 e. The van der Waals surface area contributed by atoms with Gasteiger partial charge in [0, 0.05) is 11.1 Å². The fraction of sp³-hybridized carbons (Fsp3) is 0.250. The molecule has 3 N–H and O–H groups in total. The van der Waals surface area contributed by atoms with Crippen molar-refractivity contribution < 1.29 is 0 Å². The molecule has 0 spiro atoms. The Morgan fingerprint density at radius 3 is 2.65 bits per heavy atom. The lowest BCUT2D eigenvalue weighted by molar-refractivity contribution is 0.890. The van der Waals surface area contributed by atoms with Crippen LogP contribution in [0.5, 0.6) is 0 Å². The first-order valence-electron chi connectivity index (χ1n) is 5.41. The number of nitrogens with two attached hydrogens (primary N) is 1. The summed E-state index contributed by atoms with van der Waals surface area (Å²) in [6.45, 7) is 2.10. The normalized spacial score (nSPS) is 10.8. The summed E-state index contributed by atoms with van der Waals surface area (Å²) < 4.78 is 0. The van der Waals surface area contributed by atoms with Crippen LogP contribution >= 0.6 is 23.2 Å². The number of halogens is 2. The Kier molecular flexibility index (Phi) is 3.72. The number of nitrogens with zero attached hydrogens (tertiary/aromatic N) is 1. The number of rotatable bonds is 3. The van der Waals surface area contributed by atoms with Gasteiger partial charge in [0.2, 0.25) is 0 Å². The fourth-order valence-electron chi connectivity index (χ4n) is 1.82. The number of pyridine rings is 1. The van der Waals surface area contributed by atoms with Crippen LogP contribution in [0.25, 0.3) is 10.9 Å². The van der Waals surface area contributed by atoms with Crippen LogP contribution < -0.4 is 11.3 Å². The van der Waals surface area contributed by atoms with Crippen LogP contribution in [0, 0.1) is 0 Å². The Hall–Kier alpha value is -1.03. The van der Waals surface area contributed by atoms with Gasteiger partial charge in [0.05, 0.1) is 21.2 Å². The third-order valence-corrected chi connectivity index (χ3v) is 3.20. The zero-order chi connectivity index (χ0) is 12.4. The maximum Gasteiger partial charge on any atom is 0.0927 e. The number of benzene rings is 1. The van der Waals surface area contributed by atoms with E-state index in [2.05, 4.69) is 17.3 Å². The Bertz CT molecular complexity index is 555. The Labute approximate surface area is 110 Å². The zero-order valence-corrected chi connectivity index (χ0v) is 10.9. The molecule has 0 atom stereocenters. The molecule has 3 nitrogen and oxygen atoms in total. The van der Waals surface area contributed by atoms with Gasteiger partial charge in [-0.05, 0) is 24.6 Å². The molecule has 17 heavy (non-hydrogen) atoms. The standard InChI is InChI=1S/C12H13Cl2N3/c1-2-3-7-6-10(17-15)11-8(13)4-5-9(14)12(11)16-7/h4-6H,2-3,15H2,1H3,(H,16,17). The molecule has 0 aliphatic heterocycles. The van der Waals surface area contributed by atoms with Crippen molar-refractivity contribution in [1.82, 2.24) is 4.98 Å². The van der Waals surface area contributed by atoms with Crippen molar-refractivity contribution in [2.75, 3.05) is 5.43 Å². The van der Waals surface area contributed by atoms with Gasteiger partial charge in [-0.15, -0.1) is 0 Å². The number of nitrogens with one attached hydrogen (secondary N) is 1. The van der Waals surface area contributed by atoms with E-state index in [0.717, 1.165) is 29.6 Å². The number of hydrogen-bond donors (Lipinski definition) is 2. The summed E-state index contributed by atoms with van der Waals surface area (Å²) in [6.07, 6.45) is 1.90. The van der Waals surface area contributed by atoms with E-state index in [1.165, 1.54) is 0 Å². The van der Waals surface area contributed by atoms with E-state index in [9.17, 15) is 0 Å². The summed E-state index contributed by atoms with van der Waals surface area (Å²) in [5.74, 6) is 5.52. The molecule has 0 aliphatic rings. The molecular weight excluding hydrogens is 257 g/mol. The van der Waals surface area contributed by atoms with E-state index in [1.807, 2.05) is 6.07 Å². The van der Waals surface area contributed by atoms with Crippen molar-refractivity contribution in [3.05, 3.63) is 33.9 Å². The lowest BCUT2D eigenvalue weighted by Crippen LogP contribution is -2.08. The van der Waals surface area contributed by atoms with Crippen molar-refractivity contribution in [3.63, 3.8) is 0 Å². The van der Waals surface area contributed by atoms with Crippen molar-refractivity contribution in [2.45, 2.75) is 19.8 Å². The Morgan fingerprint density at radius 1 is 1.29 bits per heavy atom. The molecule has 5 heteroatoms. The highest BCUT2D eigenvalue weighted by atomic mass is 35.5. The third-order valence-electron chi connectivity index (χ3n) is 2.58. The van der Waals surface area contributed by atoms with E-state index in [4.69, 9.17) is 29.0 Å². The molecule has 2 aromatic rings. The van der Waals surface area contributed by atoms with Crippen molar-refractivity contribution in [3.8, 4) is 0 Å². The van der Waals surface area contributed by atoms with Gasteiger partial charge >= 0.3 is 0 Å². The van der Waals surface area contributed by atoms with Crippen LogP contribution in [-0.4, -0.2) is 4.98 Å². The van der Waals surface area contributed by atoms with Crippen LogP contribution in [0.15, 0.2) is 18.2 Å². The van der Waals surface area contributed by atoms with Crippen LogP contribution in [0.2, 0.25) is 10.0 Å². The number of anilines is 1. The molecule has 1 heterocycles. The molecule has 0 amide bonds. The number of fused-ring (bicyclic) bond motifs is 1. The minimum absolute atomic E-state index is 0.582. The first-order chi connectivity index (χ1) is 8.17. The second kappa shape index (κ2) is 5.08. The SMILES string of the molecule is CCCc1cc(NN)c2c(Cl)ccc(Cl)c2n1. The first kappa shape index (κ1) is 12.4. The van der Waals surface area contributed by atoms with Crippen LogP contribution in [0.1, 0.15) is 19.0 Å². The topological polar surface area (TPSA) is 50.9 Å². The summed E-state index contributed by atoms with van der Waals surface area (Å²) in [5, 5.41) is 1.94. The van der Waals surface area contributed by atoms with Crippen LogP contribution in [0.4, 0.5) is 5.69 Å². The predicted molar refractivity (Wildman–Crippen MR) is 73.6 cm³/mol. The Balaban J connectivity index is 2.77. The van der Waals surface area contributed by atoms with E-state index in [0.29, 0.717) is 15.6 Å². The molecular formula is C12H13Cl2N3. The fourth-order valence-corrected chi connectivity index (χ4v) is 2.27. The molecule has 0 aliphatic carbocycles. The maximum absolute atomic E-state index is 6.15. The molecule has 90 valence electrons. The average molecular weight is 270 g/mol. The minimum Gasteiger partial charge on any atom is -0.323 e. The molecule has 1 aromatic carbocycles. The number of nitrogen functional groups attached to an aromatic ring is 1. The van der Waals surface area contributed by atoms with E-state index >= 15 is 0 Å². The van der Waals surface area contributed by atoms with Crippen LogP contribution in [-0.2, 0) is 6.42 Å². The highest BCUT2D eigenvalue weighted by Gasteiger charge is 2.11. The minimum atomic E-state index is 0.582. The van der Waals surface area contributed by atoms with Gasteiger partial charge in [-0.3, -0.25) is 10.8 Å².